The molecule has 4 saturated carbocycles. The van der Waals surface area contributed by atoms with Crippen LogP contribution < -0.4 is 37.9 Å². The van der Waals surface area contributed by atoms with Gasteiger partial charge in [0.05, 0.1) is 163 Å². The van der Waals surface area contributed by atoms with Gasteiger partial charge >= 0.3 is 0 Å². The second kappa shape index (κ2) is 43.8. The molecule has 20 rings (SSSR count). The minimum atomic E-state index is -2.03. The number of likely N-dealkylation sites (N-methyl/N-ethyl adjacent to an activating group) is 4. The highest BCUT2D eigenvalue weighted by Gasteiger charge is 2.82. The number of aliphatic hydroxyl groups is 8. The summed E-state index contributed by atoms with van der Waals surface area (Å²) in [5, 5.41) is 109. The number of benzene rings is 8. The van der Waals surface area contributed by atoms with Crippen LogP contribution in [0.1, 0.15) is 96.0 Å². The first kappa shape index (κ1) is 106. The summed E-state index contributed by atoms with van der Waals surface area (Å²) in [5.41, 5.74) is -4.68. The molecule has 20 atom stereocenters. The highest BCUT2D eigenvalue weighted by Crippen LogP contribution is 2.75. The van der Waals surface area contributed by atoms with Crippen LogP contribution in [0.25, 0.3) is 0 Å². The molecule has 4 aromatic heterocycles. The molecule has 0 spiro atoms. The fourth-order valence-electron chi connectivity index (χ4n) is 24.4. The number of methoxy groups -OCH3 is 8. The zero-order chi connectivity index (χ0) is 104. The number of rotatable bonds is 31. The van der Waals surface area contributed by atoms with E-state index in [4.69, 9.17) is 56.8 Å². The number of carbonyl (C=O) groups is 1. The van der Waals surface area contributed by atoms with E-state index in [0.717, 1.165) is 46.8 Å². The van der Waals surface area contributed by atoms with E-state index in [1.54, 1.807) is 90.7 Å². The smallest absolute Gasteiger partial charge is 0.229 e. The molecule has 0 unspecified atom stereocenters. The van der Waals surface area contributed by atoms with E-state index < -0.39 is 92.9 Å². The Labute approximate surface area is 874 Å². The highest BCUT2D eigenvalue weighted by atomic mass is 79.9. The maximum absolute atomic E-state index is 14.0. The Kier molecular flexibility index (Phi) is 31.7. The number of ether oxygens (including phenoxy) is 12. The Balaban J connectivity index is 0.000000133. The summed E-state index contributed by atoms with van der Waals surface area (Å²) in [6.45, 7) is 5.91. The van der Waals surface area contributed by atoms with Crippen molar-refractivity contribution >= 4 is 53.7 Å². The average molecular weight is 2180 g/mol. The molecule has 8 aliphatic rings. The van der Waals surface area contributed by atoms with Gasteiger partial charge in [0, 0.05) is 136 Å². The Bertz CT molecular complexity index is 6380. The molecule has 8 heterocycles. The van der Waals surface area contributed by atoms with Crippen LogP contribution in [-0.2, 0) is 68.6 Å². The van der Waals surface area contributed by atoms with Crippen LogP contribution in [0.2, 0.25) is 0 Å². The van der Waals surface area contributed by atoms with Crippen molar-refractivity contribution in [3.05, 3.63) is 354 Å². The normalized spacial score (nSPS) is 28.2. The number of aromatic nitrogens is 4. The Morgan fingerprint density at radius 1 is 0.342 bits per heavy atom. The largest absolute Gasteiger partial charge is 0.495 e. The molecular weight excluding hydrogens is 2060 g/mol. The van der Waals surface area contributed by atoms with Crippen molar-refractivity contribution in [1.29, 1.82) is 5.26 Å². The van der Waals surface area contributed by atoms with E-state index in [2.05, 4.69) is 88.5 Å². The van der Waals surface area contributed by atoms with Crippen molar-refractivity contribution in [2.45, 2.75) is 92.9 Å². The van der Waals surface area contributed by atoms with Crippen LogP contribution in [-0.4, -0.2) is 268 Å². The summed E-state index contributed by atoms with van der Waals surface area (Å²) in [7, 11) is 20.2. The number of hydrogen-bond donors (Lipinski definition) is 8. The van der Waals surface area contributed by atoms with Gasteiger partial charge in [-0.15, -0.1) is 0 Å². The fraction of sp³-hybridized carbons (Fsp3) is 0.381. The monoisotopic (exact) mass is 2180 g/mol. The van der Waals surface area contributed by atoms with Crippen molar-refractivity contribution in [1.82, 2.24) is 39.5 Å². The highest BCUT2D eigenvalue weighted by molar-refractivity contribution is 9.11. The van der Waals surface area contributed by atoms with Gasteiger partial charge in [0.25, 0.3) is 0 Å². The summed E-state index contributed by atoms with van der Waals surface area (Å²) < 4.78 is 73.3. The van der Waals surface area contributed by atoms with Crippen LogP contribution in [0.5, 0.6) is 46.0 Å². The number of carbonyl (C=O) groups excluding carboxylic acids is 1. The number of fused-ring (bicyclic) bond motifs is 12. The molecule has 30 nitrogen and oxygen atoms in total. The third kappa shape index (κ3) is 17.5. The Morgan fingerprint density at radius 3 is 0.836 bits per heavy atom. The zero-order valence-electron chi connectivity index (χ0n) is 83.2. The van der Waals surface area contributed by atoms with E-state index in [0.29, 0.717) is 146 Å². The average Bonchev–Trinajstić information content (AvgIpc) is 1.51. The van der Waals surface area contributed by atoms with Crippen molar-refractivity contribution in [3.8, 4) is 52.1 Å². The molecule has 8 aromatic carbocycles. The van der Waals surface area contributed by atoms with Crippen LogP contribution in [0.3, 0.4) is 0 Å². The minimum Gasteiger partial charge on any atom is -0.495 e. The molecular formula is C113H122Br3N9O21. The maximum atomic E-state index is 14.0. The molecule has 766 valence electrons. The Hall–Kier alpha value is -11.4. The second-order valence-electron chi connectivity index (χ2n) is 38.4. The number of amides is 1. The van der Waals surface area contributed by atoms with Crippen molar-refractivity contribution < 1.29 is 102 Å². The topological polar surface area (TPSA) is 378 Å². The number of nitriles is 1. The predicted octanol–water partition coefficient (Wildman–Crippen LogP) is 13.4. The van der Waals surface area contributed by atoms with Crippen molar-refractivity contribution in [2.24, 2.45) is 23.7 Å². The molecule has 0 saturated heterocycles. The third-order valence-corrected chi connectivity index (χ3v) is 32.3. The third-order valence-electron chi connectivity index (χ3n) is 30.7. The fourth-order valence-corrected chi connectivity index (χ4v) is 25.2. The van der Waals surface area contributed by atoms with Crippen molar-refractivity contribution in [2.75, 3.05) is 157 Å². The summed E-state index contributed by atoms with van der Waals surface area (Å²) in [5.74, 6) is -1.66. The molecule has 4 fully saturated rings. The van der Waals surface area contributed by atoms with E-state index in [1.165, 1.54) is 51.9 Å². The summed E-state index contributed by atoms with van der Waals surface area (Å²) in [6, 6.07) is 71.2. The van der Waals surface area contributed by atoms with Gasteiger partial charge in [-0.05, 0) is 114 Å². The van der Waals surface area contributed by atoms with Gasteiger partial charge in [0.1, 0.15) is 52.1 Å². The van der Waals surface area contributed by atoms with Gasteiger partial charge in [0.2, 0.25) is 5.91 Å². The molecule has 146 heavy (non-hydrogen) atoms. The van der Waals surface area contributed by atoms with Gasteiger partial charge in [-0.3, -0.25) is 24.7 Å². The first-order valence-electron chi connectivity index (χ1n) is 48.2. The minimum absolute atomic E-state index is 0.269. The summed E-state index contributed by atoms with van der Waals surface area (Å²) in [6.07, 6.45) is 7.28. The lowest BCUT2D eigenvalue weighted by atomic mass is 9.70. The standard InChI is InChI=1S/C29H31N3O5.C28H29BrN2O6.2C28H31BrN2O5/c1-32(13-14-35-2)18-22-25(20-7-5-4-6-8-20)29(21-11-9-19(15-30)10-12-21)28(34,27(22)33)26-23(36-3)16-31-17-24(26)37-29;1-31(13-14-35-2)26(33)22-23(17-7-5-4-6-8-17)28(18-9-11-19(29)12-10-18)27(34,25(22)32)24-20(36-3)15-30-16-21(24)37-28;2*1-31(13-14-34-2)17-21-24(18-7-5-4-6-8-18)28(19-9-11-20(29)12-10-19)27(33,26(21)32)25-22(35-3)15-30-16-23(25)36-28/h4-12,16-17,22,25,27,33-34H,13-14,18H2,1-3H3;4-12,15-16,22-23,25,32,34H,13-14H2,1-3H3;2*4-12,15-16,21,24,26,32-33H,13-14,17H2,1-3H3/t22-,25-,27-,28+,29+;22-,23-,25-,27+,28+;2*21-,24-,26-,27+,28+/m1111/s1. The molecule has 12 aromatic rings. The van der Waals surface area contributed by atoms with E-state index in [-0.39, 0.29) is 40.9 Å². The lowest BCUT2D eigenvalue weighted by Gasteiger charge is -2.41. The zero-order valence-corrected chi connectivity index (χ0v) is 87.9. The van der Waals surface area contributed by atoms with Crippen LogP contribution in [0, 0.1) is 35.0 Å². The van der Waals surface area contributed by atoms with E-state index >= 15 is 0 Å². The molecule has 0 bridgehead atoms. The van der Waals surface area contributed by atoms with E-state index in [1.807, 2.05) is 215 Å². The van der Waals surface area contributed by atoms with Crippen LogP contribution >= 0.6 is 47.8 Å². The van der Waals surface area contributed by atoms with Crippen LogP contribution in [0.4, 0.5) is 0 Å². The Morgan fingerprint density at radius 2 is 0.582 bits per heavy atom. The van der Waals surface area contributed by atoms with Gasteiger partial charge < -0.3 is 117 Å². The van der Waals surface area contributed by atoms with E-state index in [9.17, 15) is 50.9 Å². The van der Waals surface area contributed by atoms with Crippen molar-refractivity contribution in [3.63, 3.8) is 0 Å². The summed E-state index contributed by atoms with van der Waals surface area (Å²) in [4.78, 5) is 38.9. The molecule has 0 radical (unpaired) electrons. The molecule has 8 N–H and O–H groups in total. The molecule has 4 aliphatic carbocycles. The first-order valence-corrected chi connectivity index (χ1v) is 50.6. The summed E-state index contributed by atoms with van der Waals surface area (Å²) >= 11 is 10.5. The number of aliphatic hydroxyl groups excluding tert-OH is 4. The van der Waals surface area contributed by atoms with Gasteiger partial charge in [-0.1, -0.05) is 218 Å². The number of nitrogens with zero attached hydrogens (tertiary/aromatic N) is 9. The molecule has 4 aliphatic heterocycles. The SMILES string of the molecule is COCCN(C)C(=O)[C@H]1[C@@H](O)[C@@]2(O)c3c(OC)cncc3O[C@@]2(c2ccc(Br)cc2)[C@@H]1c1ccccc1.COCCN(C)C[C@H]1[C@@H](O)[C@@]2(O)c3c(OC)cncc3O[C@@]2(c2ccc(Br)cc2)[C@@H]1c1ccccc1.COCCN(C)C[C@H]1[C@@H](O)[C@@]2(O)c3c(OC)cncc3O[C@@]2(c2ccc(Br)cc2)[C@@H]1c1ccccc1.COCCN(C)C[C@H]1[C@@H](O)[C@@]2(O)c3c(OC)cncc3O[C@@]2(c2ccc(C#N)cc2)[C@@H]1c1ccccc1. The lowest BCUT2D eigenvalue weighted by molar-refractivity contribution is -0.156. The van der Waals surface area contributed by atoms with Gasteiger partial charge in [0.15, 0.2) is 44.8 Å². The number of pyridine rings is 4. The van der Waals surface area contributed by atoms with Gasteiger partial charge in [-0.25, -0.2) is 0 Å². The van der Waals surface area contributed by atoms with Gasteiger partial charge in [-0.2, -0.15) is 5.26 Å². The number of halogens is 3. The predicted molar refractivity (Wildman–Crippen MR) is 554 cm³/mol. The van der Waals surface area contributed by atoms with Crippen LogP contribution in [0.15, 0.2) is 281 Å². The quantitative estimate of drug-likeness (QED) is 0.0200. The lowest BCUT2D eigenvalue weighted by Crippen LogP contribution is -2.52. The molecule has 33 heteroatoms. The second-order valence-corrected chi connectivity index (χ2v) is 41.1. The number of hydrogen-bond acceptors (Lipinski definition) is 29. The molecule has 1 amide bonds. The maximum Gasteiger partial charge on any atom is 0.229 e. The first-order chi connectivity index (χ1) is 70.5.